The third kappa shape index (κ3) is 5.02. The molecular weight excluding hydrogens is 396 g/mol. The molecule has 0 saturated carbocycles. The van der Waals surface area contributed by atoms with Gasteiger partial charge in [-0.25, -0.2) is 4.98 Å². The second kappa shape index (κ2) is 9.04. The van der Waals surface area contributed by atoms with Gasteiger partial charge in [-0.3, -0.25) is 9.69 Å². The van der Waals surface area contributed by atoms with Crippen molar-refractivity contribution >= 4 is 22.4 Å². The van der Waals surface area contributed by atoms with Gasteiger partial charge in [0.2, 0.25) is 0 Å². The number of ether oxygens (including phenoxy) is 1. The van der Waals surface area contributed by atoms with Crippen molar-refractivity contribution < 1.29 is 9.53 Å². The lowest BCUT2D eigenvalue weighted by Gasteiger charge is -2.34. The van der Waals surface area contributed by atoms with Crippen molar-refractivity contribution in [2.45, 2.75) is 32.7 Å². The summed E-state index contributed by atoms with van der Waals surface area (Å²) in [5, 5.41) is 3.24. The van der Waals surface area contributed by atoms with Crippen LogP contribution in [0.2, 0.25) is 0 Å². The molecule has 3 heterocycles. The minimum Gasteiger partial charge on any atom is -0.379 e. The van der Waals surface area contributed by atoms with Gasteiger partial charge in [-0.1, -0.05) is 32.9 Å². The first kappa shape index (κ1) is 21.3. The van der Waals surface area contributed by atoms with Crippen LogP contribution in [0.25, 0.3) is 0 Å². The largest absolute Gasteiger partial charge is 0.379 e. The van der Waals surface area contributed by atoms with Crippen LogP contribution in [0.3, 0.4) is 0 Å². The van der Waals surface area contributed by atoms with Gasteiger partial charge in [0.05, 0.1) is 18.9 Å². The van der Waals surface area contributed by atoms with E-state index in [1.165, 1.54) is 5.56 Å². The predicted octanol–water partition coefficient (Wildman–Crippen LogP) is 3.24. The highest BCUT2D eigenvalue weighted by atomic mass is 32.1. The first-order valence-electron chi connectivity index (χ1n) is 10.8. The Kier molecular flexibility index (Phi) is 6.41. The minimum absolute atomic E-state index is 0.0988. The smallest absolute Gasteiger partial charge is 0.253 e. The van der Waals surface area contributed by atoms with E-state index >= 15 is 0 Å². The molecule has 2 fully saturated rings. The summed E-state index contributed by atoms with van der Waals surface area (Å²) in [6.07, 6.45) is 0. The molecule has 0 N–H and O–H groups in total. The quantitative estimate of drug-likeness (QED) is 0.748. The number of aromatic nitrogens is 1. The fraction of sp³-hybridized carbons (Fsp3) is 0.565. The van der Waals surface area contributed by atoms with E-state index in [0.29, 0.717) is 0 Å². The van der Waals surface area contributed by atoms with E-state index in [9.17, 15) is 4.79 Å². The zero-order chi connectivity index (χ0) is 21.1. The van der Waals surface area contributed by atoms with Gasteiger partial charge in [0.1, 0.15) is 0 Å². The van der Waals surface area contributed by atoms with Gasteiger partial charge in [0.25, 0.3) is 5.91 Å². The summed E-state index contributed by atoms with van der Waals surface area (Å²) in [5.41, 5.74) is 3.26. The number of carbonyl (C=O) groups excluding carboxylic acids is 1. The van der Waals surface area contributed by atoms with Crippen molar-refractivity contribution in [3.63, 3.8) is 0 Å². The molecule has 0 spiro atoms. The van der Waals surface area contributed by atoms with Crippen molar-refractivity contribution in [3.8, 4) is 0 Å². The van der Waals surface area contributed by atoms with Crippen LogP contribution >= 0.6 is 11.3 Å². The molecule has 0 aliphatic carbocycles. The van der Waals surface area contributed by atoms with Crippen molar-refractivity contribution in [2.75, 3.05) is 57.4 Å². The Bertz CT molecular complexity index is 845. The molecule has 162 valence electrons. The number of morpholine rings is 1. The zero-order valence-electron chi connectivity index (χ0n) is 18.3. The van der Waals surface area contributed by atoms with Crippen molar-refractivity contribution in [2.24, 2.45) is 0 Å². The topological polar surface area (TPSA) is 48.9 Å². The van der Waals surface area contributed by atoms with Gasteiger partial charge in [0, 0.05) is 56.8 Å². The maximum Gasteiger partial charge on any atom is 0.253 e. The highest BCUT2D eigenvalue weighted by Crippen LogP contribution is 2.25. The molecule has 0 bridgehead atoms. The fourth-order valence-corrected chi connectivity index (χ4v) is 4.77. The number of rotatable bonds is 4. The second-order valence-electron chi connectivity index (χ2n) is 9.12. The number of hydrogen-bond donors (Lipinski definition) is 0. The Morgan fingerprint density at radius 1 is 1.03 bits per heavy atom. The average molecular weight is 429 g/mol. The summed E-state index contributed by atoms with van der Waals surface area (Å²) in [5.74, 6) is 0.127. The average Bonchev–Trinajstić information content (AvgIpc) is 3.22. The van der Waals surface area contributed by atoms with Gasteiger partial charge in [-0.15, -0.1) is 11.3 Å². The van der Waals surface area contributed by atoms with Crippen molar-refractivity contribution in [3.05, 3.63) is 46.5 Å². The van der Waals surface area contributed by atoms with Gasteiger partial charge >= 0.3 is 0 Å². The van der Waals surface area contributed by atoms with E-state index < -0.39 is 0 Å². The first-order valence-corrected chi connectivity index (χ1v) is 11.7. The van der Waals surface area contributed by atoms with E-state index in [2.05, 4.69) is 48.1 Å². The van der Waals surface area contributed by atoms with Crippen LogP contribution in [0.15, 0.2) is 29.6 Å². The van der Waals surface area contributed by atoms with Crippen LogP contribution in [0.4, 0.5) is 5.13 Å². The van der Waals surface area contributed by atoms with E-state index in [1.54, 1.807) is 11.3 Å². The Hall–Kier alpha value is -1.96. The summed E-state index contributed by atoms with van der Waals surface area (Å²) in [6.45, 7) is 14.2. The lowest BCUT2D eigenvalue weighted by Crippen LogP contribution is -2.48. The van der Waals surface area contributed by atoms with Gasteiger partial charge in [-0.2, -0.15) is 0 Å². The van der Waals surface area contributed by atoms with Gasteiger partial charge in [0.15, 0.2) is 5.13 Å². The molecule has 1 amide bonds. The number of anilines is 1. The molecule has 0 radical (unpaired) electrons. The van der Waals surface area contributed by atoms with Crippen LogP contribution in [-0.4, -0.2) is 73.2 Å². The highest BCUT2D eigenvalue weighted by Gasteiger charge is 2.24. The molecule has 0 atom stereocenters. The molecule has 4 rings (SSSR count). The minimum atomic E-state index is 0.0988. The Labute approximate surface area is 183 Å². The van der Waals surface area contributed by atoms with Crippen molar-refractivity contribution in [1.29, 1.82) is 0 Å². The number of carbonyl (C=O) groups is 1. The summed E-state index contributed by atoms with van der Waals surface area (Å²) in [7, 11) is 0. The molecule has 2 aromatic rings. The number of benzene rings is 1. The molecule has 2 aliphatic heterocycles. The number of hydrogen-bond acceptors (Lipinski definition) is 6. The van der Waals surface area contributed by atoms with E-state index in [1.807, 2.05) is 17.0 Å². The van der Waals surface area contributed by atoms with Crippen LogP contribution in [-0.2, 0) is 16.7 Å². The van der Waals surface area contributed by atoms with Gasteiger partial charge < -0.3 is 14.5 Å². The maximum atomic E-state index is 12.9. The monoisotopic (exact) mass is 428 g/mol. The van der Waals surface area contributed by atoms with E-state index in [-0.39, 0.29) is 11.3 Å². The summed E-state index contributed by atoms with van der Waals surface area (Å²) in [4.78, 5) is 24.4. The second-order valence-corrected chi connectivity index (χ2v) is 9.95. The third-order valence-electron chi connectivity index (χ3n) is 5.86. The molecule has 6 nitrogen and oxygen atoms in total. The molecule has 2 aliphatic rings. The van der Waals surface area contributed by atoms with Crippen LogP contribution in [0.5, 0.6) is 0 Å². The first-order chi connectivity index (χ1) is 14.4. The zero-order valence-corrected chi connectivity index (χ0v) is 19.1. The molecule has 2 saturated heterocycles. The van der Waals surface area contributed by atoms with Crippen molar-refractivity contribution in [1.82, 2.24) is 14.8 Å². The Balaban J connectivity index is 1.31. The lowest BCUT2D eigenvalue weighted by atomic mass is 9.86. The predicted molar refractivity (Wildman–Crippen MR) is 121 cm³/mol. The van der Waals surface area contributed by atoms with Crippen LogP contribution in [0, 0.1) is 0 Å². The number of piperazine rings is 1. The van der Waals surface area contributed by atoms with Crippen LogP contribution in [0.1, 0.15) is 42.4 Å². The Morgan fingerprint density at radius 2 is 1.70 bits per heavy atom. The summed E-state index contributed by atoms with van der Waals surface area (Å²) >= 11 is 1.71. The lowest BCUT2D eigenvalue weighted by molar-refractivity contribution is 0.0337. The molecule has 30 heavy (non-hydrogen) atoms. The van der Waals surface area contributed by atoms with E-state index in [4.69, 9.17) is 9.72 Å². The van der Waals surface area contributed by atoms with E-state index in [0.717, 1.165) is 75.4 Å². The van der Waals surface area contributed by atoms with Crippen LogP contribution < -0.4 is 4.90 Å². The number of nitrogens with zero attached hydrogens (tertiary/aromatic N) is 4. The van der Waals surface area contributed by atoms with Gasteiger partial charge in [-0.05, 0) is 23.1 Å². The fourth-order valence-electron chi connectivity index (χ4n) is 3.90. The molecule has 0 unspecified atom stereocenters. The number of thiazole rings is 1. The number of amides is 1. The SMILES string of the molecule is CC(C)(C)c1ccc(C(=O)N2CCN(c3nc(CN4CCOCC4)cs3)CC2)cc1. The molecule has 7 heteroatoms. The third-order valence-corrected chi connectivity index (χ3v) is 6.81. The standard InChI is InChI=1S/C23H32N4O2S/c1-23(2,3)19-6-4-18(5-7-19)21(28)26-8-10-27(11-9-26)22-24-20(17-30-22)16-25-12-14-29-15-13-25/h4-7,17H,8-16H2,1-3H3. The summed E-state index contributed by atoms with van der Waals surface area (Å²) in [6, 6.07) is 8.09. The highest BCUT2D eigenvalue weighted by molar-refractivity contribution is 7.13. The normalized spacial score (nSPS) is 18.6. The Morgan fingerprint density at radius 3 is 2.33 bits per heavy atom. The molecular formula is C23H32N4O2S. The summed E-state index contributed by atoms with van der Waals surface area (Å²) < 4.78 is 5.42. The molecule has 1 aromatic heterocycles. The molecule has 1 aromatic carbocycles. The maximum absolute atomic E-state index is 12.9.